The molecule has 1 N–H and O–H groups in total. The van der Waals surface area contributed by atoms with Crippen molar-refractivity contribution in [3.8, 4) is 17.4 Å². The number of carbonyl (C=O) groups is 1. The van der Waals surface area contributed by atoms with Gasteiger partial charge in [-0.25, -0.2) is 0 Å². The maximum Gasteiger partial charge on any atom is 0.262 e. The summed E-state index contributed by atoms with van der Waals surface area (Å²) in [5.41, 5.74) is 0.598. The van der Waals surface area contributed by atoms with E-state index in [0.717, 1.165) is 12.8 Å². The number of hydrogen-bond donors (Lipinski definition) is 1. The van der Waals surface area contributed by atoms with Crippen molar-refractivity contribution < 1.29 is 13.9 Å². The third-order valence-corrected chi connectivity index (χ3v) is 4.55. The van der Waals surface area contributed by atoms with Crippen molar-refractivity contribution in [2.45, 2.75) is 18.9 Å². The van der Waals surface area contributed by atoms with E-state index in [2.05, 4.69) is 5.32 Å². The molecule has 5 nitrogen and oxygen atoms in total. The summed E-state index contributed by atoms with van der Waals surface area (Å²) in [4.78, 5) is 12.2. The third-order valence-electron chi connectivity index (χ3n) is 3.99. The van der Waals surface area contributed by atoms with Gasteiger partial charge in [-0.05, 0) is 43.2 Å². The molecule has 7 heteroatoms. The SMILES string of the molecule is N#CC(=Cc1ccc(-c2cc(Cl)ccc2Cl)o1)C(=O)NCC1CCCO1. The third kappa shape index (κ3) is 4.47. The van der Waals surface area contributed by atoms with Crippen LogP contribution >= 0.6 is 23.2 Å². The van der Waals surface area contributed by atoms with Crippen LogP contribution < -0.4 is 5.32 Å². The Kier molecular flexibility index (Phi) is 6.00. The Morgan fingerprint density at radius 2 is 2.19 bits per heavy atom. The van der Waals surface area contributed by atoms with Crippen LogP contribution in [0, 0.1) is 11.3 Å². The van der Waals surface area contributed by atoms with Gasteiger partial charge in [-0.1, -0.05) is 23.2 Å². The molecule has 1 aromatic carbocycles. The molecule has 1 unspecified atom stereocenters. The largest absolute Gasteiger partial charge is 0.457 e. The molecular weight excluding hydrogens is 375 g/mol. The number of rotatable bonds is 5. The number of hydrogen-bond acceptors (Lipinski definition) is 4. The number of nitriles is 1. The zero-order valence-electron chi connectivity index (χ0n) is 13.8. The summed E-state index contributed by atoms with van der Waals surface area (Å²) < 4.78 is 11.1. The monoisotopic (exact) mass is 390 g/mol. The van der Waals surface area contributed by atoms with Crippen LogP contribution in [0.4, 0.5) is 0 Å². The van der Waals surface area contributed by atoms with E-state index in [-0.39, 0.29) is 11.7 Å². The lowest BCUT2D eigenvalue weighted by Gasteiger charge is -2.09. The molecule has 26 heavy (non-hydrogen) atoms. The van der Waals surface area contributed by atoms with E-state index in [1.165, 1.54) is 6.08 Å². The fraction of sp³-hybridized carbons (Fsp3) is 0.263. The molecule has 1 aliphatic heterocycles. The molecule has 0 saturated carbocycles. The van der Waals surface area contributed by atoms with E-state index in [4.69, 9.17) is 32.4 Å². The molecule has 1 aromatic heterocycles. The quantitative estimate of drug-likeness (QED) is 0.603. The Morgan fingerprint density at radius 3 is 2.92 bits per heavy atom. The predicted molar refractivity (Wildman–Crippen MR) is 99.7 cm³/mol. The molecule has 2 aromatic rings. The average molecular weight is 391 g/mol. The minimum Gasteiger partial charge on any atom is -0.457 e. The molecule has 1 saturated heterocycles. The number of benzene rings is 1. The number of ether oxygens (including phenoxy) is 1. The lowest BCUT2D eigenvalue weighted by molar-refractivity contribution is -0.117. The minimum atomic E-state index is -0.457. The first-order valence-electron chi connectivity index (χ1n) is 8.13. The lowest BCUT2D eigenvalue weighted by Crippen LogP contribution is -2.32. The van der Waals surface area contributed by atoms with Gasteiger partial charge in [0.15, 0.2) is 0 Å². The number of furan rings is 1. The molecular formula is C19H16Cl2N2O3. The van der Waals surface area contributed by atoms with Gasteiger partial charge in [-0.3, -0.25) is 4.79 Å². The molecule has 1 atom stereocenters. The van der Waals surface area contributed by atoms with Crippen molar-refractivity contribution in [3.63, 3.8) is 0 Å². The number of nitrogens with one attached hydrogen (secondary N) is 1. The number of halogens is 2. The van der Waals surface area contributed by atoms with Crippen molar-refractivity contribution >= 4 is 35.2 Å². The number of carbonyl (C=O) groups excluding carboxylic acids is 1. The fourth-order valence-electron chi connectivity index (χ4n) is 2.66. The Bertz CT molecular complexity index is 877. The molecule has 134 valence electrons. The predicted octanol–water partition coefficient (Wildman–Crippen LogP) is 4.46. The zero-order chi connectivity index (χ0) is 18.5. The van der Waals surface area contributed by atoms with E-state index >= 15 is 0 Å². The first kappa shape index (κ1) is 18.5. The second-order valence-electron chi connectivity index (χ2n) is 5.84. The first-order valence-corrected chi connectivity index (χ1v) is 8.89. The number of nitrogens with zero attached hydrogens (tertiary/aromatic N) is 1. The molecule has 0 radical (unpaired) electrons. The fourth-order valence-corrected chi connectivity index (χ4v) is 3.04. The summed E-state index contributed by atoms with van der Waals surface area (Å²) in [5, 5.41) is 13.0. The van der Waals surface area contributed by atoms with Crippen molar-refractivity contribution in [2.24, 2.45) is 0 Å². The Balaban J connectivity index is 1.73. The highest BCUT2D eigenvalue weighted by molar-refractivity contribution is 6.35. The van der Waals surface area contributed by atoms with Gasteiger partial charge in [0.1, 0.15) is 23.2 Å². The molecule has 1 aliphatic rings. The van der Waals surface area contributed by atoms with Gasteiger partial charge in [0, 0.05) is 29.8 Å². The highest BCUT2D eigenvalue weighted by atomic mass is 35.5. The van der Waals surface area contributed by atoms with Crippen LogP contribution in [-0.4, -0.2) is 25.2 Å². The summed E-state index contributed by atoms with van der Waals surface area (Å²) in [6, 6.07) is 10.3. The van der Waals surface area contributed by atoms with Crippen LogP contribution in [-0.2, 0) is 9.53 Å². The van der Waals surface area contributed by atoms with Gasteiger partial charge in [0.25, 0.3) is 5.91 Å². The summed E-state index contributed by atoms with van der Waals surface area (Å²) in [6.45, 7) is 1.10. The first-order chi connectivity index (χ1) is 12.6. The molecule has 1 amide bonds. The van der Waals surface area contributed by atoms with Crippen LogP contribution in [0.15, 0.2) is 40.3 Å². The smallest absolute Gasteiger partial charge is 0.262 e. The van der Waals surface area contributed by atoms with E-state index in [1.807, 2.05) is 6.07 Å². The normalized spacial score (nSPS) is 17.1. The summed E-state index contributed by atoms with van der Waals surface area (Å²) >= 11 is 12.2. The van der Waals surface area contributed by atoms with Crippen LogP contribution in [0.5, 0.6) is 0 Å². The van der Waals surface area contributed by atoms with E-state index < -0.39 is 5.91 Å². The van der Waals surface area contributed by atoms with Gasteiger partial charge in [-0.2, -0.15) is 5.26 Å². The molecule has 3 rings (SSSR count). The molecule has 2 heterocycles. The minimum absolute atomic E-state index is 0.0130. The highest BCUT2D eigenvalue weighted by Crippen LogP contribution is 2.32. The molecule has 0 bridgehead atoms. The van der Waals surface area contributed by atoms with Crippen LogP contribution in [0.3, 0.4) is 0 Å². The van der Waals surface area contributed by atoms with Gasteiger partial charge in [-0.15, -0.1) is 0 Å². The Morgan fingerprint density at radius 1 is 1.35 bits per heavy atom. The van der Waals surface area contributed by atoms with Gasteiger partial charge >= 0.3 is 0 Å². The van der Waals surface area contributed by atoms with Gasteiger partial charge in [0.2, 0.25) is 0 Å². The maximum atomic E-state index is 12.2. The molecule has 0 spiro atoms. The maximum absolute atomic E-state index is 12.2. The summed E-state index contributed by atoms with van der Waals surface area (Å²) in [7, 11) is 0. The van der Waals surface area contributed by atoms with Crippen LogP contribution in [0.1, 0.15) is 18.6 Å². The van der Waals surface area contributed by atoms with Crippen LogP contribution in [0.25, 0.3) is 17.4 Å². The van der Waals surface area contributed by atoms with E-state index in [1.54, 1.807) is 30.3 Å². The second-order valence-corrected chi connectivity index (χ2v) is 6.68. The van der Waals surface area contributed by atoms with Crippen molar-refractivity contribution in [2.75, 3.05) is 13.2 Å². The molecule has 0 aliphatic carbocycles. The van der Waals surface area contributed by atoms with Gasteiger partial charge < -0.3 is 14.5 Å². The van der Waals surface area contributed by atoms with Crippen molar-refractivity contribution in [1.82, 2.24) is 5.32 Å². The lowest BCUT2D eigenvalue weighted by atomic mass is 10.2. The zero-order valence-corrected chi connectivity index (χ0v) is 15.3. The van der Waals surface area contributed by atoms with E-state index in [0.29, 0.717) is 40.3 Å². The summed E-state index contributed by atoms with van der Waals surface area (Å²) in [6.07, 6.45) is 3.31. The number of amides is 1. The summed E-state index contributed by atoms with van der Waals surface area (Å²) in [5.74, 6) is 0.419. The Labute approximate surface area is 161 Å². The standard InChI is InChI=1S/C19H16Cl2N2O3/c20-13-3-5-17(21)16(9-13)18-6-4-14(26-18)8-12(10-22)19(24)23-11-15-2-1-7-25-15/h3-6,8-9,15H,1-2,7,11H2,(H,23,24). The van der Waals surface area contributed by atoms with Crippen molar-refractivity contribution in [1.29, 1.82) is 5.26 Å². The van der Waals surface area contributed by atoms with Crippen molar-refractivity contribution in [3.05, 3.63) is 51.7 Å². The van der Waals surface area contributed by atoms with E-state index in [9.17, 15) is 10.1 Å². The average Bonchev–Trinajstić information content (AvgIpc) is 3.31. The Hall–Kier alpha value is -2.26. The molecule has 1 fully saturated rings. The van der Waals surface area contributed by atoms with Crippen LogP contribution in [0.2, 0.25) is 10.0 Å². The van der Waals surface area contributed by atoms with Gasteiger partial charge in [0.05, 0.1) is 11.1 Å². The second kappa shape index (κ2) is 8.41. The highest BCUT2D eigenvalue weighted by Gasteiger charge is 2.18. The topological polar surface area (TPSA) is 75.3 Å².